The fraction of sp³-hybridized carbons (Fsp3) is 0.0625. The van der Waals surface area contributed by atoms with Crippen LogP contribution in [0.5, 0.6) is 11.5 Å². The number of aliphatic carboxylic acids is 1. The van der Waals surface area contributed by atoms with E-state index in [9.17, 15) is 24.8 Å². The van der Waals surface area contributed by atoms with Gasteiger partial charge in [0.1, 0.15) is 11.5 Å². The van der Waals surface area contributed by atoms with E-state index >= 15 is 0 Å². The lowest BCUT2D eigenvalue weighted by Gasteiger charge is -2.04. The number of rotatable bonds is 7. The number of carboxylic acids is 1. The molecule has 134 valence electrons. The molecule has 0 aliphatic carbocycles. The molecule has 0 atom stereocenters. The zero-order valence-corrected chi connectivity index (χ0v) is 13.2. The van der Waals surface area contributed by atoms with Crippen molar-refractivity contribution in [1.82, 2.24) is 5.43 Å². The van der Waals surface area contributed by atoms with E-state index < -0.39 is 29.2 Å². The standard InChI is InChI=1S/C16H13N3O7/c20-14-6-3-11(19(24)25)7-13(14)16(23)18-17-8-10-1-4-12(5-2-10)26-9-15(21)22/h1-8,20H,9H2,(H,18,23)(H,21,22)/b17-8+. The Balaban J connectivity index is 1.99. The number of aromatic hydroxyl groups is 1. The molecule has 2 rings (SSSR count). The monoisotopic (exact) mass is 359 g/mol. The van der Waals surface area contributed by atoms with Crippen molar-refractivity contribution in [3.63, 3.8) is 0 Å². The number of benzene rings is 2. The maximum Gasteiger partial charge on any atom is 0.341 e. The lowest BCUT2D eigenvalue weighted by atomic mass is 10.1. The number of carbonyl (C=O) groups is 2. The third-order valence-corrected chi connectivity index (χ3v) is 3.06. The molecule has 0 aliphatic heterocycles. The first-order valence-electron chi connectivity index (χ1n) is 7.12. The first-order valence-corrected chi connectivity index (χ1v) is 7.12. The van der Waals surface area contributed by atoms with E-state index in [0.717, 1.165) is 18.2 Å². The fourth-order valence-corrected chi connectivity index (χ4v) is 1.84. The van der Waals surface area contributed by atoms with E-state index in [0.29, 0.717) is 11.3 Å². The number of nitrogens with zero attached hydrogens (tertiary/aromatic N) is 2. The predicted molar refractivity (Wildman–Crippen MR) is 89.4 cm³/mol. The smallest absolute Gasteiger partial charge is 0.341 e. The van der Waals surface area contributed by atoms with Gasteiger partial charge in [0.2, 0.25) is 0 Å². The zero-order valence-electron chi connectivity index (χ0n) is 13.2. The average molecular weight is 359 g/mol. The summed E-state index contributed by atoms with van der Waals surface area (Å²) in [7, 11) is 0. The number of ether oxygens (including phenoxy) is 1. The summed E-state index contributed by atoms with van der Waals surface area (Å²) < 4.78 is 4.97. The van der Waals surface area contributed by atoms with Gasteiger partial charge in [0.25, 0.3) is 11.6 Å². The minimum absolute atomic E-state index is 0.284. The molecular formula is C16H13N3O7. The molecule has 0 radical (unpaired) electrons. The lowest BCUT2D eigenvalue weighted by Crippen LogP contribution is -2.18. The molecule has 0 aromatic heterocycles. The van der Waals surface area contributed by atoms with Crippen LogP contribution in [-0.2, 0) is 4.79 Å². The second-order valence-corrected chi connectivity index (χ2v) is 4.91. The van der Waals surface area contributed by atoms with Crippen LogP contribution in [0, 0.1) is 10.1 Å². The Morgan fingerprint density at radius 2 is 1.92 bits per heavy atom. The molecule has 2 aromatic carbocycles. The van der Waals surface area contributed by atoms with Crippen LogP contribution >= 0.6 is 0 Å². The van der Waals surface area contributed by atoms with Crippen molar-refractivity contribution in [2.24, 2.45) is 5.10 Å². The molecular weight excluding hydrogens is 346 g/mol. The highest BCUT2D eigenvalue weighted by Crippen LogP contribution is 2.22. The van der Waals surface area contributed by atoms with Gasteiger partial charge in [-0.3, -0.25) is 14.9 Å². The maximum atomic E-state index is 12.0. The fourth-order valence-electron chi connectivity index (χ4n) is 1.84. The minimum Gasteiger partial charge on any atom is -0.507 e. The Kier molecular flexibility index (Phi) is 5.83. The number of phenols is 1. The lowest BCUT2D eigenvalue weighted by molar-refractivity contribution is -0.384. The predicted octanol–water partition coefficient (Wildman–Crippen LogP) is 1.53. The molecule has 0 heterocycles. The number of hydrogen-bond acceptors (Lipinski definition) is 7. The van der Waals surface area contributed by atoms with Gasteiger partial charge in [-0.15, -0.1) is 0 Å². The minimum atomic E-state index is -1.09. The molecule has 10 nitrogen and oxygen atoms in total. The number of nitrogens with one attached hydrogen (secondary N) is 1. The van der Waals surface area contributed by atoms with E-state index in [4.69, 9.17) is 9.84 Å². The van der Waals surface area contributed by atoms with E-state index in [2.05, 4.69) is 10.5 Å². The van der Waals surface area contributed by atoms with Gasteiger partial charge in [-0.05, 0) is 35.9 Å². The number of phenolic OH excluding ortho intramolecular Hbond substituents is 1. The van der Waals surface area contributed by atoms with Crippen LogP contribution in [0.1, 0.15) is 15.9 Å². The Labute approximate surface area is 146 Å². The first kappa shape index (κ1) is 18.4. The van der Waals surface area contributed by atoms with Gasteiger partial charge in [-0.1, -0.05) is 0 Å². The molecule has 0 unspecified atom stereocenters. The molecule has 0 spiro atoms. The van der Waals surface area contributed by atoms with Gasteiger partial charge in [0.15, 0.2) is 6.61 Å². The second-order valence-electron chi connectivity index (χ2n) is 4.91. The van der Waals surface area contributed by atoms with Gasteiger partial charge in [-0.25, -0.2) is 10.2 Å². The van der Waals surface area contributed by atoms with Crippen LogP contribution in [0.4, 0.5) is 5.69 Å². The molecule has 0 saturated carbocycles. The summed E-state index contributed by atoms with van der Waals surface area (Å²) in [5, 5.41) is 32.6. The van der Waals surface area contributed by atoms with Crippen molar-refractivity contribution in [3.05, 3.63) is 63.7 Å². The number of amides is 1. The Morgan fingerprint density at radius 1 is 1.23 bits per heavy atom. The van der Waals surface area contributed by atoms with Crippen LogP contribution in [-0.4, -0.2) is 39.8 Å². The van der Waals surface area contributed by atoms with Crippen molar-refractivity contribution in [3.8, 4) is 11.5 Å². The molecule has 26 heavy (non-hydrogen) atoms. The van der Waals surface area contributed by atoms with Crippen molar-refractivity contribution in [2.75, 3.05) is 6.61 Å². The van der Waals surface area contributed by atoms with Crippen LogP contribution in [0.3, 0.4) is 0 Å². The number of hydrogen-bond donors (Lipinski definition) is 3. The Morgan fingerprint density at radius 3 is 2.54 bits per heavy atom. The largest absolute Gasteiger partial charge is 0.507 e. The molecule has 0 bridgehead atoms. The number of carboxylic acid groups (broad SMARTS) is 1. The normalized spacial score (nSPS) is 10.5. The van der Waals surface area contributed by atoms with Crippen LogP contribution in [0.2, 0.25) is 0 Å². The van der Waals surface area contributed by atoms with Crippen LogP contribution < -0.4 is 10.2 Å². The van der Waals surface area contributed by atoms with Gasteiger partial charge >= 0.3 is 5.97 Å². The Hall–Kier alpha value is -3.95. The quantitative estimate of drug-likeness (QED) is 0.385. The van der Waals surface area contributed by atoms with Gasteiger partial charge < -0.3 is 14.9 Å². The number of non-ortho nitro benzene ring substituents is 1. The van der Waals surface area contributed by atoms with Gasteiger partial charge in [-0.2, -0.15) is 5.10 Å². The zero-order chi connectivity index (χ0) is 19.1. The van der Waals surface area contributed by atoms with Crippen LogP contribution in [0.25, 0.3) is 0 Å². The van der Waals surface area contributed by atoms with Crippen molar-refractivity contribution < 1.29 is 29.5 Å². The van der Waals surface area contributed by atoms with Crippen molar-refractivity contribution in [2.45, 2.75) is 0 Å². The average Bonchev–Trinajstić information content (AvgIpc) is 2.61. The summed E-state index contributed by atoms with van der Waals surface area (Å²) >= 11 is 0. The summed E-state index contributed by atoms with van der Waals surface area (Å²) in [5.41, 5.74) is 2.11. The van der Waals surface area contributed by atoms with E-state index in [1.165, 1.54) is 18.3 Å². The third-order valence-electron chi connectivity index (χ3n) is 3.06. The Bertz CT molecular complexity index is 863. The molecule has 0 aliphatic rings. The molecule has 2 aromatic rings. The van der Waals surface area contributed by atoms with E-state index in [1.54, 1.807) is 12.1 Å². The van der Waals surface area contributed by atoms with E-state index in [1.807, 2.05) is 0 Å². The molecule has 0 saturated heterocycles. The summed E-state index contributed by atoms with van der Waals surface area (Å²) in [6.07, 6.45) is 1.30. The number of nitro groups is 1. The maximum absolute atomic E-state index is 12.0. The summed E-state index contributed by atoms with van der Waals surface area (Å²) in [5.74, 6) is -1.97. The summed E-state index contributed by atoms with van der Waals surface area (Å²) in [6, 6.07) is 9.27. The number of carbonyl (C=O) groups excluding carboxylic acids is 1. The molecule has 1 amide bonds. The number of nitro benzene ring substituents is 1. The molecule has 10 heteroatoms. The molecule has 0 fully saturated rings. The highest BCUT2D eigenvalue weighted by molar-refractivity contribution is 5.98. The highest BCUT2D eigenvalue weighted by Gasteiger charge is 2.15. The summed E-state index contributed by atoms with van der Waals surface area (Å²) in [6.45, 7) is -0.462. The molecule has 3 N–H and O–H groups in total. The van der Waals surface area contributed by atoms with Crippen molar-refractivity contribution in [1.29, 1.82) is 0 Å². The summed E-state index contributed by atoms with van der Waals surface area (Å²) in [4.78, 5) is 32.4. The second kappa shape index (κ2) is 8.24. The third kappa shape index (κ3) is 5.03. The van der Waals surface area contributed by atoms with E-state index in [-0.39, 0.29) is 11.3 Å². The SMILES string of the molecule is O=C(O)COc1ccc(/C=N/NC(=O)c2cc([N+](=O)[O-])ccc2O)cc1. The number of hydrazone groups is 1. The van der Waals surface area contributed by atoms with Crippen molar-refractivity contribution >= 4 is 23.8 Å². The highest BCUT2D eigenvalue weighted by atomic mass is 16.6. The van der Waals surface area contributed by atoms with Crippen LogP contribution in [0.15, 0.2) is 47.6 Å². The van der Waals surface area contributed by atoms with Gasteiger partial charge in [0.05, 0.1) is 16.7 Å². The topological polar surface area (TPSA) is 151 Å². The first-order chi connectivity index (χ1) is 12.4. The van der Waals surface area contributed by atoms with Gasteiger partial charge in [0, 0.05) is 12.1 Å².